The molecular weight excluding hydrogens is 208 g/mol. The minimum Gasteiger partial charge on any atom is -0.469 e. The van der Waals surface area contributed by atoms with E-state index < -0.39 is 0 Å². The largest absolute Gasteiger partial charge is 0.469 e. The van der Waals surface area contributed by atoms with Crippen molar-refractivity contribution in [2.45, 2.75) is 32.9 Å². The molecular formula is C10H18N4O2. The highest BCUT2D eigenvalue weighted by Gasteiger charge is 2.02. The first-order chi connectivity index (χ1) is 7.77. The van der Waals surface area contributed by atoms with E-state index in [4.69, 9.17) is 0 Å². The van der Waals surface area contributed by atoms with E-state index in [0.29, 0.717) is 13.0 Å². The number of rotatable bonds is 7. The van der Waals surface area contributed by atoms with Crippen molar-refractivity contribution in [1.29, 1.82) is 0 Å². The Labute approximate surface area is 95.0 Å². The van der Waals surface area contributed by atoms with Crippen molar-refractivity contribution in [3.63, 3.8) is 0 Å². The smallest absolute Gasteiger partial charge is 0.305 e. The zero-order chi connectivity index (χ0) is 11.8. The van der Waals surface area contributed by atoms with Crippen LogP contribution in [0.1, 0.15) is 25.6 Å². The van der Waals surface area contributed by atoms with Crippen LogP contribution in [0, 0.1) is 0 Å². The average molecular weight is 226 g/mol. The van der Waals surface area contributed by atoms with Gasteiger partial charge in [0.05, 0.1) is 13.7 Å². The molecule has 0 aliphatic rings. The van der Waals surface area contributed by atoms with Gasteiger partial charge in [-0.05, 0) is 19.9 Å². The van der Waals surface area contributed by atoms with Crippen LogP contribution in [-0.2, 0) is 22.6 Å². The Kier molecular flexibility index (Phi) is 5.49. The highest BCUT2D eigenvalue weighted by Crippen LogP contribution is 1.95. The molecule has 0 aliphatic carbocycles. The standard InChI is InChI=1S/C10H18N4O2/c1-3-14-8-12-13-9(14)7-11-6-4-5-10(15)16-2/h8,11H,3-7H2,1-2H3. The molecule has 0 bridgehead atoms. The Morgan fingerprint density at radius 1 is 1.62 bits per heavy atom. The van der Waals surface area contributed by atoms with Gasteiger partial charge < -0.3 is 14.6 Å². The lowest BCUT2D eigenvalue weighted by Gasteiger charge is -2.05. The third-order valence-corrected chi connectivity index (χ3v) is 2.28. The summed E-state index contributed by atoms with van der Waals surface area (Å²) in [5.74, 6) is 0.749. The number of carbonyl (C=O) groups is 1. The summed E-state index contributed by atoms with van der Waals surface area (Å²) in [6.07, 6.45) is 2.93. The molecule has 0 aliphatic heterocycles. The first-order valence-corrected chi connectivity index (χ1v) is 5.42. The Morgan fingerprint density at radius 2 is 2.44 bits per heavy atom. The summed E-state index contributed by atoms with van der Waals surface area (Å²) < 4.78 is 6.53. The Balaban J connectivity index is 2.14. The van der Waals surface area contributed by atoms with Crippen molar-refractivity contribution in [2.75, 3.05) is 13.7 Å². The van der Waals surface area contributed by atoms with Crippen LogP contribution in [0.3, 0.4) is 0 Å². The number of hydrogen-bond acceptors (Lipinski definition) is 5. The quantitative estimate of drug-likeness (QED) is 0.536. The van der Waals surface area contributed by atoms with Crippen LogP contribution in [0.4, 0.5) is 0 Å². The van der Waals surface area contributed by atoms with Gasteiger partial charge in [-0.2, -0.15) is 0 Å². The zero-order valence-electron chi connectivity index (χ0n) is 9.77. The van der Waals surface area contributed by atoms with Crippen LogP contribution in [0.15, 0.2) is 6.33 Å². The average Bonchev–Trinajstić information content (AvgIpc) is 2.75. The van der Waals surface area contributed by atoms with E-state index >= 15 is 0 Å². The van der Waals surface area contributed by atoms with E-state index in [1.54, 1.807) is 6.33 Å². The molecule has 1 aromatic heterocycles. The number of ether oxygens (including phenoxy) is 1. The lowest BCUT2D eigenvalue weighted by molar-refractivity contribution is -0.140. The van der Waals surface area contributed by atoms with Crippen LogP contribution >= 0.6 is 0 Å². The van der Waals surface area contributed by atoms with Gasteiger partial charge in [0, 0.05) is 13.0 Å². The molecule has 0 saturated carbocycles. The normalized spacial score (nSPS) is 10.4. The van der Waals surface area contributed by atoms with E-state index in [1.807, 2.05) is 11.5 Å². The minimum atomic E-state index is -0.168. The Bertz CT molecular complexity index is 324. The van der Waals surface area contributed by atoms with Crippen molar-refractivity contribution in [2.24, 2.45) is 0 Å². The minimum absolute atomic E-state index is 0.168. The van der Waals surface area contributed by atoms with Crippen molar-refractivity contribution < 1.29 is 9.53 Å². The fourth-order valence-corrected chi connectivity index (χ4v) is 1.34. The Hall–Kier alpha value is -1.43. The fraction of sp³-hybridized carbons (Fsp3) is 0.700. The summed E-state index contributed by atoms with van der Waals surface area (Å²) in [5, 5.41) is 11.0. The number of aryl methyl sites for hydroxylation is 1. The molecule has 0 radical (unpaired) electrons. The van der Waals surface area contributed by atoms with E-state index in [0.717, 1.165) is 25.3 Å². The summed E-state index contributed by atoms with van der Waals surface area (Å²) in [6.45, 7) is 4.36. The molecule has 0 amide bonds. The van der Waals surface area contributed by atoms with Gasteiger partial charge in [-0.1, -0.05) is 0 Å². The number of esters is 1. The molecule has 1 rings (SSSR count). The number of methoxy groups -OCH3 is 1. The van der Waals surface area contributed by atoms with Gasteiger partial charge in [-0.25, -0.2) is 0 Å². The first kappa shape index (κ1) is 12.6. The molecule has 0 saturated heterocycles. The maximum absolute atomic E-state index is 10.8. The third kappa shape index (κ3) is 3.98. The van der Waals surface area contributed by atoms with Crippen molar-refractivity contribution in [3.05, 3.63) is 12.2 Å². The topological polar surface area (TPSA) is 69.0 Å². The maximum atomic E-state index is 10.8. The number of nitrogens with one attached hydrogen (secondary N) is 1. The van der Waals surface area contributed by atoms with Crippen LogP contribution < -0.4 is 5.32 Å². The second-order valence-electron chi connectivity index (χ2n) is 3.39. The third-order valence-electron chi connectivity index (χ3n) is 2.28. The number of hydrogen-bond donors (Lipinski definition) is 1. The van der Waals surface area contributed by atoms with E-state index in [9.17, 15) is 4.79 Å². The van der Waals surface area contributed by atoms with Crippen LogP contribution in [0.2, 0.25) is 0 Å². The molecule has 0 spiro atoms. The molecule has 0 atom stereocenters. The number of aromatic nitrogens is 3. The summed E-state index contributed by atoms with van der Waals surface area (Å²) >= 11 is 0. The number of nitrogens with zero attached hydrogens (tertiary/aromatic N) is 3. The van der Waals surface area contributed by atoms with Crippen molar-refractivity contribution in [1.82, 2.24) is 20.1 Å². The highest BCUT2D eigenvalue weighted by molar-refractivity contribution is 5.69. The molecule has 0 unspecified atom stereocenters. The van der Waals surface area contributed by atoms with Crippen LogP contribution in [0.25, 0.3) is 0 Å². The summed E-state index contributed by atoms with van der Waals surface area (Å²) in [5.41, 5.74) is 0. The van der Waals surface area contributed by atoms with Gasteiger partial charge in [0.2, 0.25) is 0 Å². The zero-order valence-corrected chi connectivity index (χ0v) is 9.77. The van der Waals surface area contributed by atoms with E-state index in [1.165, 1.54) is 7.11 Å². The predicted octanol–water partition coefficient (Wildman–Crippen LogP) is 0.341. The second kappa shape index (κ2) is 6.95. The van der Waals surface area contributed by atoms with Crippen molar-refractivity contribution in [3.8, 4) is 0 Å². The van der Waals surface area contributed by atoms with Gasteiger partial charge >= 0.3 is 5.97 Å². The van der Waals surface area contributed by atoms with Crippen molar-refractivity contribution >= 4 is 5.97 Å². The molecule has 0 fully saturated rings. The predicted molar refractivity (Wildman–Crippen MR) is 58.7 cm³/mol. The molecule has 6 heteroatoms. The molecule has 0 aromatic carbocycles. The molecule has 1 N–H and O–H groups in total. The fourth-order valence-electron chi connectivity index (χ4n) is 1.34. The second-order valence-corrected chi connectivity index (χ2v) is 3.39. The molecule has 1 heterocycles. The monoisotopic (exact) mass is 226 g/mol. The van der Waals surface area contributed by atoms with E-state index in [-0.39, 0.29) is 5.97 Å². The summed E-state index contributed by atoms with van der Waals surface area (Å²) in [4.78, 5) is 10.8. The summed E-state index contributed by atoms with van der Waals surface area (Å²) in [6, 6.07) is 0. The van der Waals surface area contributed by atoms with Gasteiger partial charge in [0.25, 0.3) is 0 Å². The lowest BCUT2D eigenvalue weighted by Crippen LogP contribution is -2.18. The van der Waals surface area contributed by atoms with Gasteiger partial charge in [-0.3, -0.25) is 4.79 Å². The molecule has 6 nitrogen and oxygen atoms in total. The first-order valence-electron chi connectivity index (χ1n) is 5.42. The lowest BCUT2D eigenvalue weighted by atomic mass is 10.3. The summed E-state index contributed by atoms with van der Waals surface area (Å²) in [7, 11) is 1.40. The SMILES string of the molecule is CCn1cnnc1CNCCCC(=O)OC. The molecule has 16 heavy (non-hydrogen) atoms. The maximum Gasteiger partial charge on any atom is 0.305 e. The van der Waals surface area contributed by atoms with Gasteiger partial charge in [0.1, 0.15) is 12.2 Å². The molecule has 90 valence electrons. The number of carbonyl (C=O) groups excluding carboxylic acids is 1. The van der Waals surface area contributed by atoms with Crippen LogP contribution in [0.5, 0.6) is 0 Å². The Morgan fingerprint density at radius 3 is 3.12 bits per heavy atom. The van der Waals surface area contributed by atoms with Gasteiger partial charge in [-0.15, -0.1) is 10.2 Å². The van der Waals surface area contributed by atoms with Gasteiger partial charge in [0.15, 0.2) is 0 Å². The van der Waals surface area contributed by atoms with E-state index in [2.05, 4.69) is 20.3 Å². The van der Waals surface area contributed by atoms with Crippen LogP contribution in [-0.4, -0.2) is 34.4 Å². The molecule has 1 aromatic rings. The highest BCUT2D eigenvalue weighted by atomic mass is 16.5.